The molecule has 0 spiro atoms. The topological polar surface area (TPSA) is 64.0 Å². The third-order valence-corrected chi connectivity index (χ3v) is 4.59. The van der Waals surface area contributed by atoms with Crippen molar-refractivity contribution in [1.29, 1.82) is 0 Å². The van der Waals surface area contributed by atoms with Crippen LogP contribution in [0, 0.1) is 11.6 Å². The van der Waals surface area contributed by atoms with Crippen LogP contribution in [0.15, 0.2) is 59.4 Å². The van der Waals surface area contributed by atoms with Crippen LogP contribution >= 0.6 is 0 Å². The summed E-state index contributed by atoms with van der Waals surface area (Å²) in [6.07, 6.45) is 1.35. The largest absolute Gasteiger partial charge is 0.344 e. The molecule has 0 radical (unpaired) electrons. The van der Waals surface area contributed by atoms with Crippen LogP contribution in [-0.4, -0.2) is 15.7 Å². The summed E-state index contributed by atoms with van der Waals surface area (Å²) in [6, 6.07) is 12.1. The second-order valence-corrected chi connectivity index (χ2v) is 6.35. The number of benzene rings is 2. The summed E-state index contributed by atoms with van der Waals surface area (Å²) >= 11 is 0. The van der Waals surface area contributed by atoms with Crippen molar-refractivity contribution in [2.24, 2.45) is 0 Å². The molecule has 1 atom stereocenters. The SMILES string of the molecule is O=C(NC1CCc2cc(F)ccc21)c1ccc(=O)n(-c2ccc(F)cc2)n1. The Kier molecular flexibility index (Phi) is 4.27. The first-order valence-electron chi connectivity index (χ1n) is 8.47. The van der Waals surface area contributed by atoms with Gasteiger partial charge in [0.1, 0.15) is 17.3 Å². The first-order chi connectivity index (χ1) is 13.0. The van der Waals surface area contributed by atoms with E-state index in [2.05, 4.69) is 10.4 Å². The molecule has 5 nitrogen and oxygen atoms in total. The van der Waals surface area contributed by atoms with E-state index in [0.717, 1.165) is 15.8 Å². The maximum atomic E-state index is 13.3. The number of aromatic nitrogens is 2. The second kappa shape index (κ2) is 6.75. The maximum absolute atomic E-state index is 13.3. The van der Waals surface area contributed by atoms with Gasteiger partial charge in [0.15, 0.2) is 0 Å². The van der Waals surface area contributed by atoms with E-state index in [4.69, 9.17) is 0 Å². The highest BCUT2D eigenvalue weighted by atomic mass is 19.1. The number of aryl methyl sites for hydroxylation is 1. The molecule has 2 aromatic carbocycles. The predicted molar refractivity (Wildman–Crippen MR) is 94.7 cm³/mol. The fourth-order valence-electron chi connectivity index (χ4n) is 3.27. The zero-order valence-corrected chi connectivity index (χ0v) is 14.2. The van der Waals surface area contributed by atoms with E-state index in [1.54, 1.807) is 6.07 Å². The number of hydrogen-bond acceptors (Lipinski definition) is 3. The Morgan fingerprint density at radius 3 is 2.56 bits per heavy atom. The van der Waals surface area contributed by atoms with Gasteiger partial charge in [-0.05, 0) is 66.4 Å². The average Bonchev–Trinajstić information content (AvgIpc) is 3.04. The number of fused-ring (bicyclic) bond motifs is 1. The standard InChI is InChI=1S/C20H15F2N3O2/c21-13-2-5-15(6-3-13)25-19(26)10-9-18(24-25)20(27)23-17-8-1-12-11-14(22)4-7-16(12)17/h2-7,9-11,17H,1,8H2,(H,23,27). The minimum absolute atomic E-state index is 0.0643. The third kappa shape index (κ3) is 3.36. The molecule has 1 unspecified atom stereocenters. The first kappa shape index (κ1) is 17.1. The van der Waals surface area contributed by atoms with Gasteiger partial charge in [0.25, 0.3) is 11.5 Å². The predicted octanol–water partition coefficient (Wildman–Crippen LogP) is 2.93. The Morgan fingerprint density at radius 2 is 1.78 bits per heavy atom. The molecule has 4 rings (SSSR count). The molecule has 1 N–H and O–H groups in total. The molecule has 1 aliphatic carbocycles. The summed E-state index contributed by atoms with van der Waals surface area (Å²) in [6.45, 7) is 0. The molecule has 27 heavy (non-hydrogen) atoms. The van der Waals surface area contributed by atoms with E-state index >= 15 is 0 Å². The molecule has 0 saturated carbocycles. The van der Waals surface area contributed by atoms with E-state index in [9.17, 15) is 18.4 Å². The summed E-state index contributed by atoms with van der Waals surface area (Å²) < 4.78 is 27.5. The number of halogens is 2. The quantitative estimate of drug-likeness (QED) is 0.774. The van der Waals surface area contributed by atoms with E-state index in [-0.39, 0.29) is 17.6 Å². The summed E-state index contributed by atoms with van der Waals surface area (Å²) in [4.78, 5) is 24.7. The smallest absolute Gasteiger partial charge is 0.272 e. The Morgan fingerprint density at radius 1 is 1.04 bits per heavy atom. The molecule has 1 heterocycles. The molecule has 7 heteroatoms. The van der Waals surface area contributed by atoms with Crippen molar-refractivity contribution in [3.63, 3.8) is 0 Å². The molecule has 0 fully saturated rings. The number of hydrogen-bond donors (Lipinski definition) is 1. The highest BCUT2D eigenvalue weighted by Gasteiger charge is 2.25. The Balaban J connectivity index is 1.59. The zero-order chi connectivity index (χ0) is 19.0. The second-order valence-electron chi connectivity index (χ2n) is 6.35. The van der Waals surface area contributed by atoms with Crippen LogP contribution in [0.1, 0.15) is 34.1 Å². The monoisotopic (exact) mass is 367 g/mol. The van der Waals surface area contributed by atoms with Crippen molar-refractivity contribution in [1.82, 2.24) is 15.1 Å². The van der Waals surface area contributed by atoms with Crippen LogP contribution in [0.4, 0.5) is 8.78 Å². The molecular weight excluding hydrogens is 352 g/mol. The molecule has 136 valence electrons. The van der Waals surface area contributed by atoms with E-state index < -0.39 is 17.3 Å². The van der Waals surface area contributed by atoms with Gasteiger partial charge in [0.2, 0.25) is 0 Å². The van der Waals surface area contributed by atoms with E-state index in [1.807, 2.05) is 0 Å². The normalized spacial score (nSPS) is 15.4. The van der Waals surface area contributed by atoms with E-state index in [1.165, 1.54) is 48.5 Å². The molecule has 0 saturated heterocycles. The minimum Gasteiger partial charge on any atom is -0.344 e. The van der Waals surface area contributed by atoms with Crippen LogP contribution in [0.2, 0.25) is 0 Å². The molecular formula is C20H15F2N3O2. The number of carbonyl (C=O) groups excluding carboxylic acids is 1. The van der Waals surface area contributed by atoms with Crippen molar-refractivity contribution < 1.29 is 13.6 Å². The van der Waals surface area contributed by atoms with Gasteiger partial charge in [-0.3, -0.25) is 9.59 Å². The number of nitrogens with zero attached hydrogens (tertiary/aromatic N) is 2. The van der Waals surface area contributed by atoms with Crippen LogP contribution in [0.5, 0.6) is 0 Å². The highest BCUT2D eigenvalue weighted by Crippen LogP contribution is 2.31. The molecule has 3 aromatic rings. The maximum Gasteiger partial charge on any atom is 0.272 e. The first-order valence-corrected chi connectivity index (χ1v) is 8.47. The van der Waals surface area contributed by atoms with Crippen molar-refractivity contribution in [2.75, 3.05) is 0 Å². The molecule has 1 aliphatic rings. The lowest BCUT2D eigenvalue weighted by atomic mass is 10.1. The van der Waals surface area contributed by atoms with Crippen LogP contribution < -0.4 is 10.9 Å². The molecule has 0 bridgehead atoms. The van der Waals surface area contributed by atoms with Crippen LogP contribution in [-0.2, 0) is 6.42 Å². The fraction of sp³-hybridized carbons (Fsp3) is 0.150. The number of nitrogens with one attached hydrogen (secondary N) is 1. The lowest BCUT2D eigenvalue weighted by Gasteiger charge is -2.14. The van der Waals surface area contributed by atoms with Gasteiger partial charge in [-0.15, -0.1) is 0 Å². The lowest BCUT2D eigenvalue weighted by Crippen LogP contribution is -2.31. The van der Waals surface area contributed by atoms with Gasteiger partial charge in [0, 0.05) is 6.07 Å². The molecule has 1 aromatic heterocycles. The summed E-state index contributed by atoms with van der Waals surface area (Å²) in [5.41, 5.74) is 1.76. The zero-order valence-electron chi connectivity index (χ0n) is 14.2. The third-order valence-electron chi connectivity index (χ3n) is 4.59. The Hall–Kier alpha value is -3.35. The van der Waals surface area contributed by atoms with Crippen molar-refractivity contribution in [3.05, 3.63) is 93.4 Å². The fourth-order valence-corrected chi connectivity index (χ4v) is 3.27. The van der Waals surface area contributed by atoms with Gasteiger partial charge in [-0.2, -0.15) is 9.78 Å². The van der Waals surface area contributed by atoms with Gasteiger partial charge in [-0.25, -0.2) is 8.78 Å². The Bertz CT molecular complexity index is 1080. The summed E-state index contributed by atoms with van der Waals surface area (Å²) in [7, 11) is 0. The average molecular weight is 367 g/mol. The minimum atomic E-state index is -0.437. The van der Waals surface area contributed by atoms with Crippen molar-refractivity contribution in [3.8, 4) is 5.69 Å². The van der Waals surface area contributed by atoms with Gasteiger partial charge in [0.05, 0.1) is 11.7 Å². The molecule has 0 aliphatic heterocycles. The summed E-state index contributed by atoms with van der Waals surface area (Å²) in [5.74, 6) is -1.17. The van der Waals surface area contributed by atoms with Crippen LogP contribution in [0.25, 0.3) is 5.69 Å². The number of amides is 1. The Labute approximate surface area is 153 Å². The summed E-state index contributed by atoms with van der Waals surface area (Å²) in [5, 5.41) is 6.97. The van der Waals surface area contributed by atoms with Crippen molar-refractivity contribution in [2.45, 2.75) is 18.9 Å². The van der Waals surface area contributed by atoms with Gasteiger partial charge in [-0.1, -0.05) is 6.07 Å². The highest BCUT2D eigenvalue weighted by molar-refractivity contribution is 5.92. The van der Waals surface area contributed by atoms with Crippen LogP contribution in [0.3, 0.4) is 0 Å². The van der Waals surface area contributed by atoms with E-state index in [0.29, 0.717) is 18.5 Å². The number of rotatable bonds is 3. The van der Waals surface area contributed by atoms with Gasteiger partial charge < -0.3 is 5.32 Å². The molecule has 1 amide bonds. The van der Waals surface area contributed by atoms with Crippen molar-refractivity contribution >= 4 is 5.91 Å². The van der Waals surface area contributed by atoms with Gasteiger partial charge >= 0.3 is 0 Å². The lowest BCUT2D eigenvalue weighted by molar-refractivity contribution is 0.0930. The number of carbonyl (C=O) groups is 1.